The number of carbonyl (C=O) groups excluding carboxylic acids is 2. The summed E-state index contributed by atoms with van der Waals surface area (Å²) >= 11 is 0. The Kier molecular flexibility index (Phi) is 4.40. The van der Waals surface area contributed by atoms with Crippen LogP contribution in [0.2, 0.25) is 0 Å². The minimum atomic E-state index is -1.92. The highest BCUT2D eigenvalue weighted by atomic mass is 19.1. The lowest BCUT2D eigenvalue weighted by Gasteiger charge is -2.35. The Bertz CT molecular complexity index is 526. The molecule has 1 aliphatic carbocycles. The van der Waals surface area contributed by atoms with Crippen molar-refractivity contribution in [1.82, 2.24) is 10.2 Å². The Hall–Kier alpha value is -1.70. The molecule has 1 saturated heterocycles. The minimum Gasteiger partial charge on any atom is -0.480 e. The van der Waals surface area contributed by atoms with Gasteiger partial charge in [0, 0.05) is 13.0 Å². The van der Waals surface area contributed by atoms with E-state index in [0.29, 0.717) is 0 Å². The molecule has 0 radical (unpaired) electrons. The first-order valence-electron chi connectivity index (χ1n) is 7.67. The second-order valence-electron chi connectivity index (χ2n) is 7.47. The Morgan fingerprint density at radius 2 is 1.87 bits per heavy atom. The van der Waals surface area contributed by atoms with Crippen LogP contribution in [0.5, 0.6) is 0 Å². The van der Waals surface area contributed by atoms with Gasteiger partial charge in [0.15, 0.2) is 5.67 Å². The molecule has 23 heavy (non-hydrogen) atoms. The van der Waals surface area contributed by atoms with E-state index < -0.39 is 47.1 Å². The van der Waals surface area contributed by atoms with Crippen molar-refractivity contribution in [3.05, 3.63) is 0 Å². The number of β-amino-alcohol motifs (C(OH)–C–C–N with tert-alkyl or cyclic N) is 1. The molecule has 3 N–H and O–H groups in total. The molecule has 130 valence electrons. The van der Waals surface area contributed by atoms with E-state index >= 15 is 0 Å². The van der Waals surface area contributed by atoms with Crippen LogP contribution in [0.15, 0.2) is 0 Å². The largest absolute Gasteiger partial charge is 0.480 e. The molecule has 1 aliphatic heterocycles. The quantitative estimate of drug-likeness (QED) is 0.676. The van der Waals surface area contributed by atoms with Crippen LogP contribution in [-0.4, -0.2) is 63.3 Å². The summed E-state index contributed by atoms with van der Waals surface area (Å²) in [6.45, 7) is 5.00. The zero-order valence-corrected chi connectivity index (χ0v) is 13.5. The smallest absolute Gasteiger partial charge is 0.326 e. The van der Waals surface area contributed by atoms with Gasteiger partial charge in [0.05, 0.1) is 6.10 Å². The van der Waals surface area contributed by atoms with Crippen molar-refractivity contribution in [2.45, 2.75) is 63.9 Å². The van der Waals surface area contributed by atoms with Gasteiger partial charge in [-0.15, -0.1) is 0 Å². The van der Waals surface area contributed by atoms with Gasteiger partial charge in [-0.25, -0.2) is 9.18 Å². The zero-order chi connectivity index (χ0) is 17.6. The number of aliphatic hydroxyl groups excluding tert-OH is 1. The third-order valence-corrected chi connectivity index (χ3v) is 4.33. The van der Waals surface area contributed by atoms with Gasteiger partial charge >= 0.3 is 5.97 Å². The van der Waals surface area contributed by atoms with Crippen molar-refractivity contribution in [1.29, 1.82) is 0 Å². The van der Waals surface area contributed by atoms with Crippen molar-refractivity contribution in [2.24, 2.45) is 5.41 Å². The zero-order valence-electron chi connectivity index (χ0n) is 13.5. The summed E-state index contributed by atoms with van der Waals surface area (Å²) in [5.41, 5.74) is -2.64. The monoisotopic (exact) mass is 330 g/mol. The summed E-state index contributed by atoms with van der Waals surface area (Å²) in [6, 6.07) is -2.20. The number of aliphatic hydroxyl groups is 1. The summed E-state index contributed by atoms with van der Waals surface area (Å²) in [4.78, 5) is 37.0. The van der Waals surface area contributed by atoms with Gasteiger partial charge in [-0.3, -0.25) is 9.59 Å². The first-order chi connectivity index (χ1) is 10.5. The van der Waals surface area contributed by atoms with Gasteiger partial charge in [0.1, 0.15) is 12.1 Å². The van der Waals surface area contributed by atoms with E-state index in [1.54, 1.807) is 20.8 Å². The number of aliphatic carboxylic acids is 1. The van der Waals surface area contributed by atoms with Crippen LogP contribution in [0.3, 0.4) is 0 Å². The van der Waals surface area contributed by atoms with Gasteiger partial charge in [-0.2, -0.15) is 0 Å². The normalized spacial score (nSPS) is 27.4. The molecule has 7 nitrogen and oxygen atoms in total. The number of carbonyl (C=O) groups is 3. The van der Waals surface area contributed by atoms with Crippen LogP contribution in [0.25, 0.3) is 0 Å². The number of hydrogen-bond donors (Lipinski definition) is 3. The second-order valence-corrected chi connectivity index (χ2v) is 7.47. The number of hydrogen-bond acceptors (Lipinski definition) is 4. The third kappa shape index (κ3) is 3.63. The number of likely N-dealkylation sites (tertiary alicyclic amines) is 1. The number of amides is 2. The van der Waals surface area contributed by atoms with Gasteiger partial charge in [-0.1, -0.05) is 20.8 Å². The first kappa shape index (κ1) is 17.7. The molecule has 0 aromatic carbocycles. The Morgan fingerprint density at radius 3 is 2.30 bits per heavy atom. The van der Waals surface area contributed by atoms with Crippen LogP contribution in [0.1, 0.15) is 40.0 Å². The van der Waals surface area contributed by atoms with Crippen molar-refractivity contribution < 1.29 is 29.0 Å². The molecule has 8 heteroatoms. The Balaban J connectivity index is 2.19. The maximum atomic E-state index is 13.9. The van der Waals surface area contributed by atoms with Crippen LogP contribution >= 0.6 is 0 Å². The van der Waals surface area contributed by atoms with E-state index in [0.717, 1.165) is 4.90 Å². The number of nitrogens with one attached hydrogen (secondary N) is 1. The van der Waals surface area contributed by atoms with Gasteiger partial charge < -0.3 is 20.4 Å². The topological polar surface area (TPSA) is 107 Å². The van der Waals surface area contributed by atoms with Crippen molar-refractivity contribution in [3.8, 4) is 0 Å². The first-order valence-corrected chi connectivity index (χ1v) is 7.67. The van der Waals surface area contributed by atoms with Gasteiger partial charge in [0.25, 0.3) is 5.91 Å². The highest BCUT2D eigenvalue weighted by Crippen LogP contribution is 2.40. The molecule has 1 heterocycles. The molecular weight excluding hydrogens is 307 g/mol. The van der Waals surface area contributed by atoms with Crippen molar-refractivity contribution in [3.63, 3.8) is 0 Å². The molecule has 3 atom stereocenters. The molecule has 0 spiro atoms. The summed E-state index contributed by atoms with van der Waals surface area (Å²) in [6.07, 6.45) is -0.722. The molecular formula is C15H23FN2O5. The number of rotatable bonds is 4. The van der Waals surface area contributed by atoms with Crippen molar-refractivity contribution >= 4 is 17.8 Å². The van der Waals surface area contributed by atoms with Gasteiger partial charge in [0.2, 0.25) is 5.91 Å². The summed E-state index contributed by atoms with van der Waals surface area (Å²) in [5, 5.41) is 21.3. The van der Waals surface area contributed by atoms with E-state index in [-0.39, 0.29) is 25.8 Å². The number of carboxylic acid groups (broad SMARTS) is 1. The number of halogens is 1. The maximum absolute atomic E-state index is 13.9. The highest BCUT2D eigenvalue weighted by molar-refractivity contribution is 5.95. The van der Waals surface area contributed by atoms with E-state index in [2.05, 4.69) is 5.32 Å². The Morgan fingerprint density at radius 1 is 1.30 bits per heavy atom. The molecule has 2 unspecified atom stereocenters. The standard InChI is InChI=1S/C15H23FN2O5/c1-14(2,3)10(17-13(23)15(16)4-5-15)11(20)18-7-8(19)6-9(18)12(21)22/h8-10,19H,4-7H2,1-3H3,(H,17,23)(H,21,22)/t8?,9?,10-/m1/s1. The molecule has 0 aromatic heterocycles. The summed E-state index contributed by atoms with van der Waals surface area (Å²) in [5.74, 6) is -2.66. The van der Waals surface area contributed by atoms with E-state index in [1.807, 2.05) is 0 Å². The average Bonchev–Trinajstić information content (AvgIpc) is 3.04. The lowest BCUT2D eigenvalue weighted by molar-refractivity contribution is -0.151. The Labute approximate surface area is 133 Å². The van der Waals surface area contributed by atoms with E-state index in [1.165, 1.54) is 0 Å². The molecule has 2 rings (SSSR count). The van der Waals surface area contributed by atoms with E-state index in [9.17, 15) is 29.0 Å². The fourth-order valence-electron chi connectivity index (χ4n) is 2.70. The number of alkyl halides is 1. The fraction of sp³-hybridized carbons (Fsp3) is 0.800. The molecule has 1 saturated carbocycles. The lowest BCUT2D eigenvalue weighted by Crippen LogP contribution is -2.58. The predicted molar refractivity (Wildman–Crippen MR) is 78.2 cm³/mol. The minimum absolute atomic E-state index is 0.0566. The molecule has 2 fully saturated rings. The molecule has 2 aliphatic rings. The van der Waals surface area contributed by atoms with Crippen LogP contribution < -0.4 is 5.32 Å². The highest BCUT2D eigenvalue weighted by Gasteiger charge is 2.53. The number of carboxylic acids is 1. The van der Waals surface area contributed by atoms with Crippen LogP contribution in [-0.2, 0) is 14.4 Å². The third-order valence-electron chi connectivity index (χ3n) is 4.33. The average molecular weight is 330 g/mol. The van der Waals surface area contributed by atoms with Crippen molar-refractivity contribution in [2.75, 3.05) is 6.54 Å². The molecule has 2 amide bonds. The summed E-state index contributed by atoms with van der Waals surface area (Å²) < 4.78 is 13.9. The second kappa shape index (κ2) is 5.74. The maximum Gasteiger partial charge on any atom is 0.326 e. The molecule has 0 aromatic rings. The summed E-state index contributed by atoms with van der Waals surface area (Å²) in [7, 11) is 0. The van der Waals surface area contributed by atoms with E-state index in [4.69, 9.17) is 0 Å². The van der Waals surface area contributed by atoms with Crippen LogP contribution in [0, 0.1) is 5.41 Å². The van der Waals surface area contributed by atoms with Crippen LogP contribution in [0.4, 0.5) is 4.39 Å². The van der Waals surface area contributed by atoms with Gasteiger partial charge in [-0.05, 0) is 18.3 Å². The predicted octanol–water partition coefficient (Wildman–Crippen LogP) is 0.0658. The fourth-order valence-corrected chi connectivity index (χ4v) is 2.70. The number of nitrogens with zero attached hydrogens (tertiary/aromatic N) is 1. The SMILES string of the molecule is CC(C)(C)[C@H](NC(=O)C1(F)CC1)C(=O)N1CC(O)CC1C(=O)O. The lowest BCUT2D eigenvalue weighted by atomic mass is 9.85. The molecule has 0 bridgehead atoms.